The molecule has 25 heavy (non-hydrogen) atoms. The van der Waals surface area contributed by atoms with Crippen LogP contribution < -0.4 is 15.4 Å². The highest BCUT2D eigenvalue weighted by Crippen LogP contribution is 2.17. The second-order valence-corrected chi connectivity index (χ2v) is 5.31. The van der Waals surface area contributed by atoms with Crippen molar-refractivity contribution in [2.45, 2.75) is 0 Å². The number of hydrogen-bond donors (Lipinski definition) is 2. The van der Waals surface area contributed by atoms with Gasteiger partial charge in [0.2, 0.25) is 5.91 Å². The van der Waals surface area contributed by atoms with Crippen LogP contribution in [0.1, 0.15) is 0 Å². The molecule has 0 aliphatic carbocycles. The summed E-state index contributed by atoms with van der Waals surface area (Å²) in [6.45, 7) is -0.544. The van der Waals surface area contributed by atoms with Crippen LogP contribution in [0, 0.1) is 10.1 Å². The van der Waals surface area contributed by atoms with Crippen molar-refractivity contribution in [3.05, 3.63) is 63.7 Å². The summed E-state index contributed by atoms with van der Waals surface area (Å²) >= 11 is 5.74. The van der Waals surface area contributed by atoms with Gasteiger partial charge in [-0.15, -0.1) is 0 Å². The molecular formula is C16H14ClN3O5. The zero-order valence-electron chi connectivity index (χ0n) is 12.9. The van der Waals surface area contributed by atoms with Gasteiger partial charge in [0, 0.05) is 22.8 Å². The average Bonchev–Trinajstić information content (AvgIpc) is 2.59. The van der Waals surface area contributed by atoms with Crippen LogP contribution in [0.2, 0.25) is 5.02 Å². The first-order valence-corrected chi connectivity index (χ1v) is 7.51. The number of rotatable bonds is 7. The largest absolute Gasteiger partial charge is 0.484 e. The molecule has 0 bridgehead atoms. The Balaban J connectivity index is 1.75. The molecule has 2 amide bonds. The summed E-state index contributed by atoms with van der Waals surface area (Å²) in [4.78, 5) is 33.5. The molecule has 0 unspecified atom stereocenters. The second-order valence-electron chi connectivity index (χ2n) is 4.87. The van der Waals surface area contributed by atoms with Gasteiger partial charge in [0.1, 0.15) is 5.75 Å². The highest BCUT2D eigenvalue weighted by molar-refractivity contribution is 6.30. The summed E-state index contributed by atoms with van der Waals surface area (Å²) in [5.74, 6) is -0.523. The number of carbonyl (C=O) groups excluding carboxylic acids is 2. The molecule has 2 rings (SSSR count). The van der Waals surface area contributed by atoms with E-state index in [0.717, 1.165) is 0 Å². The number of hydrogen-bond acceptors (Lipinski definition) is 5. The van der Waals surface area contributed by atoms with E-state index in [1.807, 2.05) is 0 Å². The minimum Gasteiger partial charge on any atom is -0.484 e. The maximum Gasteiger partial charge on any atom is 0.271 e. The first-order valence-electron chi connectivity index (χ1n) is 7.13. The zero-order chi connectivity index (χ0) is 18.2. The molecule has 0 atom stereocenters. The molecule has 0 aliphatic rings. The van der Waals surface area contributed by atoms with Crippen molar-refractivity contribution in [3.63, 3.8) is 0 Å². The molecule has 0 spiro atoms. The van der Waals surface area contributed by atoms with Gasteiger partial charge in [0.25, 0.3) is 11.6 Å². The number of anilines is 1. The van der Waals surface area contributed by atoms with Crippen molar-refractivity contribution in [3.8, 4) is 5.75 Å². The van der Waals surface area contributed by atoms with Crippen molar-refractivity contribution < 1.29 is 19.2 Å². The van der Waals surface area contributed by atoms with E-state index in [-0.39, 0.29) is 24.5 Å². The summed E-state index contributed by atoms with van der Waals surface area (Å²) in [5.41, 5.74) is 0.129. The van der Waals surface area contributed by atoms with Gasteiger partial charge < -0.3 is 15.4 Å². The Bertz CT molecular complexity index is 780. The van der Waals surface area contributed by atoms with Crippen LogP contribution in [-0.2, 0) is 9.59 Å². The van der Waals surface area contributed by atoms with Gasteiger partial charge in [-0.2, -0.15) is 0 Å². The molecule has 9 heteroatoms. The highest BCUT2D eigenvalue weighted by Gasteiger charge is 2.10. The summed E-state index contributed by atoms with van der Waals surface area (Å²) in [6.07, 6.45) is 0. The van der Waals surface area contributed by atoms with Gasteiger partial charge in [-0.25, -0.2) is 0 Å². The Labute approximate surface area is 147 Å². The predicted octanol–water partition coefficient (Wildman–Crippen LogP) is 2.38. The fraction of sp³-hybridized carbons (Fsp3) is 0.125. The number of benzene rings is 2. The van der Waals surface area contributed by atoms with E-state index < -0.39 is 16.7 Å². The molecule has 0 heterocycles. The van der Waals surface area contributed by atoms with Crippen LogP contribution in [0.4, 0.5) is 11.4 Å². The van der Waals surface area contributed by atoms with Crippen LogP contribution in [0.15, 0.2) is 48.5 Å². The molecule has 0 saturated heterocycles. The molecule has 0 radical (unpaired) electrons. The summed E-state index contributed by atoms with van der Waals surface area (Å²) in [5, 5.41) is 16.1. The van der Waals surface area contributed by atoms with E-state index in [4.69, 9.17) is 16.3 Å². The van der Waals surface area contributed by atoms with Crippen molar-refractivity contribution in [2.24, 2.45) is 0 Å². The van der Waals surface area contributed by atoms with Crippen LogP contribution >= 0.6 is 11.6 Å². The number of amides is 2. The van der Waals surface area contributed by atoms with Gasteiger partial charge in [-0.05, 0) is 30.3 Å². The van der Waals surface area contributed by atoms with Crippen molar-refractivity contribution in [2.75, 3.05) is 18.5 Å². The number of ether oxygens (including phenoxy) is 1. The number of halogens is 1. The lowest BCUT2D eigenvalue weighted by Crippen LogP contribution is -2.35. The minimum atomic E-state index is -0.564. The highest BCUT2D eigenvalue weighted by atomic mass is 35.5. The van der Waals surface area contributed by atoms with Gasteiger partial charge >= 0.3 is 0 Å². The Morgan fingerprint density at radius 2 is 1.84 bits per heavy atom. The van der Waals surface area contributed by atoms with E-state index in [1.54, 1.807) is 24.3 Å². The monoisotopic (exact) mass is 363 g/mol. The molecule has 0 fully saturated rings. The van der Waals surface area contributed by atoms with Crippen LogP contribution in [0.25, 0.3) is 0 Å². The van der Waals surface area contributed by atoms with Crippen LogP contribution in [0.3, 0.4) is 0 Å². The standard InChI is InChI=1S/C16H14ClN3O5/c17-11-4-6-14(7-5-11)25-10-16(22)18-9-15(21)19-12-2-1-3-13(8-12)20(23)24/h1-8H,9-10H2,(H,18,22)(H,19,21). The number of nitro groups is 1. The molecule has 2 N–H and O–H groups in total. The normalized spacial score (nSPS) is 9.96. The number of nitrogens with one attached hydrogen (secondary N) is 2. The lowest BCUT2D eigenvalue weighted by molar-refractivity contribution is -0.384. The molecule has 0 saturated carbocycles. The third kappa shape index (κ3) is 6.11. The number of carbonyl (C=O) groups is 2. The van der Waals surface area contributed by atoms with Crippen LogP contribution in [0.5, 0.6) is 5.75 Å². The lowest BCUT2D eigenvalue weighted by Gasteiger charge is -2.08. The van der Waals surface area contributed by atoms with E-state index in [2.05, 4.69) is 10.6 Å². The fourth-order valence-electron chi connectivity index (χ4n) is 1.81. The fourth-order valence-corrected chi connectivity index (χ4v) is 1.94. The zero-order valence-corrected chi connectivity index (χ0v) is 13.7. The van der Waals surface area contributed by atoms with Gasteiger partial charge in [0.05, 0.1) is 11.5 Å². The van der Waals surface area contributed by atoms with Gasteiger partial charge in [0.15, 0.2) is 6.61 Å². The molecular weight excluding hydrogens is 350 g/mol. The summed E-state index contributed by atoms with van der Waals surface area (Å²) in [7, 11) is 0. The molecule has 2 aromatic carbocycles. The second kappa shape index (κ2) is 8.65. The summed E-state index contributed by atoms with van der Waals surface area (Å²) in [6, 6.07) is 12.0. The number of nitro benzene ring substituents is 1. The van der Waals surface area contributed by atoms with Crippen LogP contribution in [-0.4, -0.2) is 29.9 Å². The number of nitrogens with zero attached hydrogens (tertiary/aromatic N) is 1. The quantitative estimate of drug-likeness (QED) is 0.579. The van der Waals surface area contributed by atoms with Crippen molar-refractivity contribution in [1.82, 2.24) is 5.32 Å². The molecule has 0 aromatic heterocycles. The maximum absolute atomic E-state index is 11.8. The SMILES string of the molecule is O=C(COc1ccc(Cl)cc1)NCC(=O)Nc1cccc([N+](=O)[O-])c1. The smallest absolute Gasteiger partial charge is 0.271 e. The van der Waals surface area contributed by atoms with E-state index >= 15 is 0 Å². The molecule has 2 aromatic rings. The van der Waals surface area contributed by atoms with Crippen molar-refractivity contribution >= 4 is 34.8 Å². The Morgan fingerprint density at radius 1 is 1.12 bits per heavy atom. The average molecular weight is 364 g/mol. The number of non-ortho nitro benzene ring substituents is 1. The molecule has 8 nitrogen and oxygen atoms in total. The molecule has 130 valence electrons. The lowest BCUT2D eigenvalue weighted by atomic mass is 10.3. The Kier molecular flexibility index (Phi) is 6.30. The maximum atomic E-state index is 11.8. The third-order valence-electron chi connectivity index (χ3n) is 2.97. The molecule has 0 aliphatic heterocycles. The van der Waals surface area contributed by atoms with Gasteiger partial charge in [-0.1, -0.05) is 17.7 Å². The topological polar surface area (TPSA) is 111 Å². The van der Waals surface area contributed by atoms with Crippen molar-refractivity contribution in [1.29, 1.82) is 0 Å². The minimum absolute atomic E-state index is 0.141. The first kappa shape index (κ1) is 18.2. The van der Waals surface area contributed by atoms with E-state index in [0.29, 0.717) is 10.8 Å². The Hall–Kier alpha value is -3.13. The van der Waals surface area contributed by atoms with Gasteiger partial charge in [-0.3, -0.25) is 19.7 Å². The van der Waals surface area contributed by atoms with E-state index in [9.17, 15) is 19.7 Å². The predicted molar refractivity (Wildman–Crippen MR) is 91.7 cm³/mol. The Morgan fingerprint density at radius 3 is 2.52 bits per heavy atom. The van der Waals surface area contributed by atoms with E-state index in [1.165, 1.54) is 24.3 Å². The third-order valence-corrected chi connectivity index (χ3v) is 3.22. The summed E-state index contributed by atoms with van der Waals surface area (Å²) < 4.78 is 5.24. The first-order chi connectivity index (χ1) is 11.9.